The molecule has 1 aromatic carbocycles. The molecule has 88 valence electrons. The van der Waals surface area contributed by atoms with Gasteiger partial charge in [0, 0.05) is 17.9 Å². The largest absolute Gasteiger partial charge is 0.497 e. The van der Waals surface area contributed by atoms with E-state index in [1.807, 2.05) is 32.0 Å². The van der Waals surface area contributed by atoms with E-state index in [0.29, 0.717) is 6.42 Å². The highest BCUT2D eigenvalue weighted by molar-refractivity contribution is 5.85. The predicted molar refractivity (Wildman–Crippen MR) is 63.3 cm³/mol. The Morgan fingerprint density at radius 3 is 2.50 bits per heavy atom. The summed E-state index contributed by atoms with van der Waals surface area (Å²) < 4.78 is 10.4. The standard InChI is InChI=1S/C13H18O3/c1-5-12(14)9(2)11-8-10(15-3)6-7-13(11)16-4/h6-9H,5H2,1-4H3. The second kappa shape index (κ2) is 5.54. The van der Waals surface area contributed by atoms with E-state index >= 15 is 0 Å². The Bertz CT molecular complexity index is 371. The average Bonchev–Trinajstić information content (AvgIpc) is 2.35. The van der Waals surface area contributed by atoms with Crippen molar-refractivity contribution in [3.63, 3.8) is 0 Å². The van der Waals surface area contributed by atoms with Crippen LogP contribution in [0.3, 0.4) is 0 Å². The van der Waals surface area contributed by atoms with Crippen LogP contribution in [0.5, 0.6) is 11.5 Å². The maximum atomic E-state index is 11.7. The van der Waals surface area contributed by atoms with Crippen molar-refractivity contribution in [1.82, 2.24) is 0 Å². The molecule has 0 aliphatic carbocycles. The first-order valence-electron chi connectivity index (χ1n) is 5.38. The van der Waals surface area contributed by atoms with Gasteiger partial charge in [-0.1, -0.05) is 13.8 Å². The Morgan fingerprint density at radius 2 is 2.00 bits per heavy atom. The van der Waals surface area contributed by atoms with Crippen LogP contribution in [-0.4, -0.2) is 20.0 Å². The minimum absolute atomic E-state index is 0.157. The molecule has 0 N–H and O–H groups in total. The van der Waals surface area contributed by atoms with Gasteiger partial charge in [0.2, 0.25) is 0 Å². The number of ether oxygens (including phenoxy) is 2. The lowest BCUT2D eigenvalue weighted by atomic mass is 9.94. The first-order chi connectivity index (χ1) is 7.63. The molecule has 0 spiro atoms. The van der Waals surface area contributed by atoms with Gasteiger partial charge in [-0.2, -0.15) is 0 Å². The Kier molecular flexibility index (Phi) is 4.35. The molecule has 3 nitrogen and oxygen atoms in total. The fourth-order valence-electron chi connectivity index (χ4n) is 1.66. The van der Waals surface area contributed by atoms with Gasteiger partial charge in [0.05, 0.1) is 14.2 Å². The molecule has 16 heavy (non-hydrogen) atoms. The quantitative estimate of drug-likeness (QED) is 0.768. The summed E-state index contributed by atoms with van der Waals surface area (Å²) in [6.07, 6.45) is 0.529. The van der Waals surface area contributed by atoms with Crippen LogP contribution in [-0.2, 0) is 4.79 Å². The highest BCUT2D eigenvalue weighted by atomic mass is 16.5. The summed E-state index contributed by atoms with van der Waals surface area (Å²) >= 11 is 0. The smallest absolute Gasteiger partial charge is 0.139 e. The molecule has 1 rings (SSSR count). The first-order valence-corrected chi connectivity index (χ1v) is 5.38. The van der Waals surface area contributed by atoms with E-state index < -0.39 is 0 Å². The predicted octanol–water partition coefficient (Wildman–Crippen LogP) is 2.79. The molecule has 0 radical (unpaired) electrons. The third-order valence-corrected chi connectivity index (χ3v) is 2.73. The molecule has 0 amide bonds. The number of hydrogen-bond donors (Lipinski definition) is 0. The van der Waals surface area contributed by atoms with Crippen molar-refractivity contribution in [3.05, 3.63) is 23.8 Å². The number of carbonyl (C=O) groups excluding carboxylic acids is 1. The van der Waals surface area contributed by atoms with Gasteiger partial charge in [0.1, 0.15) is 17.3 Å². The summed E-state index contributed by atoms with van der Waals surface area (Å²) in [5, 5.41) is 0. The number of hydrogen-bond acceptors (Lipinski definition) is 3. The van der Waals surface area contributed by atoms with Gasteiger partial charge in [-0.05, 0) is 18.2 Å². The fourth-order valence-corrected chi connectivity index (χ4v) is 1.66. The molecule has 1 unspecified atom stereocenters. The summed E-state index contributed by atoms with van der Waals surface area (Å²) in [6, 6.07) is 5.51. The van der Waals surface area contributed by atoms with Crippen LogP contribution < -0.4 is 9.47 Å². The van der Waals surface area contributed by atoms with Crippen LogP contribution in [0, 0.1) is 0 Å². The van der Waals surface area contributed by atoms with Crippen molar-refractivity contribution in [1.29, 1.82) is 0 Å². The molecule has 0 bridgehead atoms. The lowest BCUT2D eigenvalue weighted by Gasteiger charge is -2.15. The summed E-state index contributed by atoms with van der Waals surface area (Å²) in [5.41, 5.74) is 0.883. The van der Waals surface area contributed by atoms with Crippen molar-refractivity contribution >= 4 is 5.78 Å². The molecule has 1 aromatic rings. The maximum Gasteiger partial charge on any atom is 0.139 e. The monoisotopic (exact) mass is 222 g/mol. The minimum Gasteiger partial charge on any atom is -0.497 e. The summed E-state index contributed by atoms with van der Waals surface area (Å²) in [6.45, 7) is 3.76. The van der Waals surface area contributed by atoms with Gasteiger partial charge in [-0.3, -0.25) is 4.79 Å². The van der Waals surface area contributed by atoms with E-state index in [1.54, 1.807) is 14.2 Å². The Labute approximate surface area is 96.4 Å². The van der Waals surface area contributed by atoms with Crippen LogP contribution in [0.4, 0.5) is 0 Å². The van der Waals surface area contributed by atoms with Gasteiger partial charge in [-0.15, -0.1) is 0 Å². The molecular weight excluding hydrogens is 204 g/mol. The summed E-state index contributed by atoms with van der Waals surface area (Å²) in [5.74, 6) is 1.52. The molecule has 3 heteroatoms. The molecule has 0 aliphatic heterocycles. The Morgan fingerprint density at radius 1 is 1.31 bits per heavy atom. The molecule has 0 heterocycles. The zero-order valence-electron chi connectivity index (χ0n) is 10.2. The van der Waals surface area contributed by atoms with Crippen molar-refractivity contribution in [2.75, 3.05) is 14.2 Å². The van der Waals surface area contributed by atoms with Gasteiger partial charge < -0.3 is 9.47 Å². The van der Waals surface area contributed by atoms with Gasteiger partial charge >= 0.3 is 0 Å². The number of carbonyl (C=O) groups is 1. The van der Waals surface area contributed by atoms with E-state index in [4.69, 9.17) is 9.47 Å². The van der Waals surface area contributed by atoms with Crippen molar-refractivity contribution < 1.29 is 14.3 Å². The van der Waals surface area contributed by atoms with Crippen molar-refractivity contribution in [2.45, 2.75) is 26.2 Å². The average molecular weight is 222 g/mol. The van der Waals surface area contributed by atoms with Crippen molar-refractivity contribution in [2.24, 2.45) is 0 Å². The van der Waals surface area contributed by atoms with Crippen molar-refractivity contribution in [3.8, 4) is 11.5 Å². The Balaban J connectivity index is 3.12. The normalized spacial score (nSPS) is 12.0. The maximum absolute atomic E-state index is 11.7. The summed E-state index contributed by atoms with van der Waals surface area (Å²) in [7, 11) is 3.21. The van der Waals surface area contributed by atoms with E-state index in [-0.39, 0.29) is 11.7 Å². The zero-order valence-corrected chi connectivity index (χ0v) is 10.2. The van der Waals surface area contributed by atoms with E-state index in [0.717, 1.165) is 17.1 Å². The van der Waals surface area contributed by atoms with Gasteiger partial charge in [-0.25, -0.2) is 0 Å². The van der Waals surface area contributed by atoms with Gasteiger partial charge in [0.15, 0.2) is 0 Å². The lowest BCUT2D eigenvalue weighted by Crippen LogP contribution is -2.09. The molecular formula is C13H18O3. The summed E-state index contributed by atoms with van der Waals surface area (Å²) in [4.78, 5) is 11.7. The third kappa shape index (κ3) is 2.54. The van der Waals surface area contributed by atoms with Crippen LogP contribution in [0.25, 0.3) is 0 Å². The fraction of sp³-hybridized carbons (Fsp3) is 0.462. The number of rotatable bonds is 5. The van der Waals surface area contributed by atoms with Gasteiger partial charge in [0.25, 0.3) is 0 Å². The highest BCUT2D eigenvalue weighted by Crippen LogP contribution is 2.31. The number of ketones is 1. The number of methoxy groups -OCH3 is 2. The van der Waals surface area contributed by atoms with Crippen LogP contribution in [0.15, 0.2) is 18.2 Å². The van der Waals surface area contributed by atoms with E-state index in [2.05, 4.69) is 0 Å². The highest BCUT2D eigenvalue weighted by Gasteiger charge is 2.18. The first kappa shape index (κ1) is 12.6. The zero-order chi connectivity index (χ0) is 12.1. The second-order valence-electron chi connectivity index (χ2n) is 3.65. The topological polar surface area (TPSA) is 35.5 Å². The van der Waals surface area contributed by atoms with Crippen LogP contribution in [0.1, 0.15) is 31.7 Å². The molecule has 0 fully saturated rings. The van der Waals surface area contributed by atoms with E-state index in [9.17, 15) is 4.79 Å². The SMILES string of the molecule is CCC(=O)C(C)c1cc(OC)ccc1OC. The molecule has 0 saturated heterocycles. The molecule has 0 saturated carbocycles. The van der Waals surface area contributed by atoms with Crippen LogP contribution >= 0.6 is 0 Å². The molecule has 0 aromatic heterocycles. The Hall–Kier alpha value is -1.51. The third-order valence-electron chi connectivity index (χ3n) is 2.73. The van der Waals surface area contributed by atoms with Crippen LogP contribution in [0.2, 0.25) is 0 Å². The number of Topliss-reactive ketones (excluding diaryl/α,β-unsaturated/α-hetero) is 1. The number of benzene rings is 1. The molecule has 1 atom stereocenters. The minimum atomic E-state index is -0.157. The second-order valence-corrected chi connectivity index (χ2v) is 3.65. The lowest BCUT2D eigenvalue weighted by molar-refractivity contribution is -0.119. The molecule has 0 aliphatic rings. The van der Waals surface area contributed by atoms with E-state index in [1.165, 1.54) is 0 Å².